The molecule has 0 bridgehead atoms. The summed E-state index contributed by atoms with van der Waals surface area (Å²) < 4.78 is 5.84. The first-order valence-corrected chi connectivity index (χ1v) is 11.3. The summed E-state index contributed by atoms with van der Waals surface area (Å²) in [6.07, 6.45) is 3.24. The predicted molar refractivity (Wildman–Crippen MR) is 132 cm³/mol. The minimum Gasteiger partial charge on any atom is -0.507 e. The maximum Gasteiger partial charge on any atom is 0.300 e. The molecule has 0 spiro atoms. The summed E-state index contributed by atoms with van der Waals surface area (Å²) in [6, 6.07) is 15.4. The van der Waals surface area contributed by atoms with Gasteiger partial charge in [0.1, 0.15) is 11.5 Å². The zero-order valence-corrected chi connectivity index (χ0v) is 19.8. The SMILES string of the molecule is Cc1cccc(N2C(=O)C(=O)/C(=C(\O)c3ccc(OCC(C)C)c(C)c3)C2c2cccnc2)c1. The van der Waals surface area contributed by atoms with Crippen molar-refractivity contribution in [3.05, 3.63) is 94.8 Å². The predicted octanol–water partition coefficient (Wildman–Crippen LogP) is 5.36. The van der Waals surface area contributed by atoms with Crippen LogP contribution in [-0.4, -0.2) is 28.4 Å². The molecule has 3 aromatic rings. The van der Waals surface area contributed by atoms with Crippen LogP contribution in [0, 0.1) is 19.8 Å². The number of aromatic nitrogens is 1. The number of anilines is 1. The molecule has 1 saturated heterocycles. The zero-order valence-electron chi connectivity index (χ0n) is 19.8. The third kappa shape index (κ3) is 4.44. The van der Waals surface area contributed by atoms with E-state index < -0.39 is 17.7 Å². The van der Waals surface area contributed by atoms with Crippen molar-refractivity contribution in [3.8, 4) is 5.75 Å². The normalized spacial score (nSPS) is 17.4. The number of aliphatic hydroxyl groups excluding tert-OH is 1. The summed E-state index contributed by atoms with van der Waals surface area (Å²) in [6.45, 7) is 8.53. The maximum atomic E-state index is 13.2. The molecule has 6 nitrogen and oxygen atoms in total. The summed E-state index contributed by atoms with van der Waals surface area (Å²) in [7, 11) is 0. The van der Waals surface area contributed by atoms with E-state index in [9.17, 15) is 14.7 Å². The van der Waals surface area contributed by atoms with Crippen molar-refractivity contribution < 1.29 is 19.4 Å². The van der Waals surface area contributed by atoms with Gasteiger partial charge in [-0.15, -0.1) is 0 Å². The number of carbonyl (C=O) groups is 2. The second kappa shape index (κ2) is 9.51. The lowest BCUT2D eigenvalue weighted by Gasteiger charge is -2.25. The number of Topliss-reactive ketones (excluding diaryl/α,β-unsaturated/α-hetero) is 1. The Morgan fingerprint density at radius 3 is 2.53 bits per heavy atom. The van der Waals surface area contributed by atoms with Crippen molar-refractivity contribution in [1.82, 2.24) is 4.98 Å². The van der Waals surface area contributed by atoms with E-state index in [0.717, 1.165) is 11.1 Å². The standard InChI is InChI=1S/C28H28N2O4/c1-17(2)16-34-23-11-10-20(14-19(23)4)26(31)24-25(21-8-6-12-29-15-21)30(28(33)27(24)32)22-9-5-7-18(3)13-22/h5-15,17,25,31H,16H2,1-4H3/b26-24-. The van der Waals surface area contributed by atoms with Crippen LogP contribution < -0.4 is 9.64 Å². The Hall–Kier alpha value is -3.93. The minimum absolute atomic E-state index is 0.0368. The number of aryl methyl sites for hydroxylation is 2. The molecule has 174 valence electrons. The number of rotatable bonds is 6. The number of ether oxygens (including phenoxy) is 1. The number of pyridine rings is 1. The number of carbonyl (C=O) groups excluding carboxylic acids is 2. The van der Waals surface area contributed by atoms with Crippen LogP contribution in [0.25, 0.3) is 5.76 Å². The van der Waals surface area contributed by atoms with Crippen LogP contribution in [0.5, 0.6) is 5.75 Å². The molecule has 34 heavy (non-hydrogen) atoms. The van der Waals surface area contributed by atoms with Gasteiger partial charge in [0.25, 0.3) is 11.7 Å². The fraction of sp³-hybridized carbons (Fsp3) is 0.250. The van der Waals surface area contributed by atoms with E-state index in [4.69, 9.17) is 4.74 Å². The van der Waals surface area contributed by atoms with Crippen molar-refractivity contribution in [2.75, 3.05) is 11.5 Å². The van der Waals surface area contributed by atoms with E-state index >= 15 is 0 Å². The molecule has 4 rings (SSSR count). The van der Waals surface area contributed by atoms with Gasteiger partial charge in [-0.2, -0.15) is 0 Å². The lowest BCUT2D eigenvalue weighted by atomic mass is 9.95. The first-order chi connectivity index (χ1) is 16.3. The average Bonchev–Trinajstić information content (AvgIpc) is 3.08. The Morgan fingerprint density at radius 2 is 1.88 bits per heavy atom. The summed E-state index contributed by atoms with van der Waals surface area (Å²) >= 11 is 0. The number of hydrogen-bond acceptors (Lipinski definition) is 5. The molecule has 1 aliphatic rings. The van der Waals surface area contributed by atoms with Gasteiger partial charge in [-0.3, -0.25) is 19.5 Å². The molecular formula is C28H28N2O4. The molecule has 1 fully saturated rings. The largest absolute Gasteiger partial charge is 0.507 e. The van der Waals surface area contributed by atoms with Crippen molar-refractivity contribution in [3.63, 3.8) is 0 Å². The third-order valence-electron chi connectivity index (χ3n) is 5.74. The fourth-order valence-corrected chi connectivity index (χ4v) is 4.10. The minimum atomic E-state index is -0.798. The molecule has 0 aliphatic carbocycles. The molecule has 2 aromatic carbocycles. The van der Waals surface area contributed by atoms with E-state index in [0.29, 0.717) is 35.1 Å². The molecule has 1 unspecified atom stereocenters. The second-order valence-corrected chi connectivity index (χ2v) is 8.98. The fourth-order valence-electron chi connectivity index (χ4n) is 4.10. The summed E-state index contributed by atoms with van der Waals surface area (Å²) in [4.78, 5) is 32.1. The summed E-state index contributed by atoms with van der Waals surface area (Å²) in [5, 5.41) is 11.3. The molecule has 6 heteroatoms. The number of aliphatic hydroxyl groups is 1. The van der Waals surface area contributed by atoms with Gasteiger partial charge >= 0.3 is 0 Å². The molecule has 1 N–H and O–H groups in total. The van der Waals surface area contributed by atoms with Crippen molar-refractivity contribution in [2.24, 2.45) is 5.92 Å². The van der Waals surface area contributed by atoms with E-state index in [1.54, 1.807) is 48.8 Å². The monoisotopic (exact) mass is 456 g/mol. The highest BCUT2D eigenvalue weighted by Gasteiger charge is 2.47. The molecule has 0 saturated carbocycles. The van der Waals surface area contributed by atoms with E-state index in [-0.39, 0.29) is 11.3 Å². The average molecular weight is 457 g/mol. The highest BCUT2D eigenvalue weighted by molar-refractivity contribution is 6.51. The number of ketones is 1. The molecule has 1 aliphatic heterocycles. The van der Waals surface area contributed by atoms with Gasteiger partial charge in [-0.25, -0.2) is 0 Å². The number of nitrogens with zero attached hydrogens (tertiary/aromatic N) is 2. The molecule has 0 radical (unpaired) electrons. The Kier molecular flexibility index (Phi) is 6.50. The van der Waals surface area contributed by atoms with Crippen molar-refractivity contribution in [1.29, 1.82) is 0 Å². The first-order valence-electron chi connectivity index (χ1n) is 11.3. The van der Waals surface area contributed by atoms with Gasteiger partial charge in [-0.1, -0.05) is 32.0 Å². The molecule has 1 aromatic heterocycles. The Bertz CT molecular complexity index is 1260. The number of benzene rings is 2. The van der Waals surface area contributed by atoms with Crippen molar-refractivity contribution in [2.45, 2.75) is 33.7 Å². The van der Waals surface area contributed by atoms with Crippen LogP contribution in [0.3, 0.4) is 0 Å². The maximum absolute atomic E-state index is 13.2. The van der Waals surface area contributed by atoms with E-state index in [1.807, 2.05) is 32.0 Å². The highest BCUT2D eigenvalue weighted by atomic mass is 16.5. The Balaban J connectivity index is 1.84. The smallest absolute Gasteiger partial charge is 0.300 e. The van der Waals surface area contributed by atoms with Crippen LogP contribution in [0.4, 0.5) is 5.69 Å². The van der Waals surface area contributed by atoms with E-state index in [1.165, 1.54) is 4.90 Å². The molecule has 2 heterocycles. The topological polar surface area (TPSA) is 79.7 Å². The Labute approximate surface area is 199 Å². The number of amides is 1. The quantitative estimate of drug-likeness (QED) is 0.307. The number of hydrogen-bond donors (Lipinski definition) is 1. The van der Waals surface area contributed by atoms with Crippen molar-refractivity contribution >= 4 is 23.1 Å². The molecule has 1 amide bonds. The lowest BCUT2D eigenvalue weighted by Crippen LogP contribution is -2.29. The summed E-state index contributed by atoms with van der Waals surface area (Å²) in [5.74, 6) is -0.542. The van der Waals surface area contributed by atoms with Gasteiger partial charge in [-0.05, 0) is 72.9 Å². The van der Waals surface area contributed by atoms with Gasteiger partial charge in [0.05, 0.1) is 18.2 Å². The van der Waals surface area contributed by atoms with Gasteiger partial charge in [0, 0.05) is 23.6 Å². The van der Waals surface area contributed by atoms with Gasteiger partial charge in [0.15, 0.2) is 0 Å². The van der Waals surface area contributed by atoms with Crippen LogP contribution >= 0.6 is 0 Å². The molecule has 1 atom stereocenters. The lowest BCUT2D eigenvalue weighted by molar-refractivity contribution is -0.132. The third-order valence-corrected chi connectivity index (χ3v) is 5.74. The zero-order chi connectivity index (χ0) is 24.4. The van der Waals surface area contributed by atoms with Crippen LogP contribution in [0.2, 0.25) is 0 Å². The van der Waals surface area contributed by atoms with E-state index in [2.05, 4.69) is 18.8 Å². The second-order valence-electron chi connectivity index (χ2n) is 8.98. The highest BCUT2D eigenvalue weighted by Crippen LogP contribution is 2.42. The molecular weight excluding hydrogens is 428 g/mol. The van der Waals surface area contributed by atoms with Gasteiger partial charge < -0.3 is 9.84 Å². The van der Waals surface area contributed by atoms with Gasteiger partial charge in [0.2, 0.25) is 0 Å². The summed E-state index contributed by atoms with van der Waals surface area (Å²) in [5.41, 5.74) is 3.50. The first kappa shape index (κ1) is 23.2. The van der Waals surface area contributed by atoms with Crippen LogP contribution in [0.1, 0.15) is 42.1 Å². The van der Waals surface area contributed by atoms with Crippen LogP contribution in [0.15, 0.2) is 72.6 Å². The Morgan fingerprint density at radius 1 is 1.09 bits per heavy atom. The van der Waals surface area contributed by atoms with Crippen LogP contribution in [-0.2, 0) is 9.59 Å².